The molecule has 0 unspecified atom stereocenters. The van der Waals surface area contributed by atoms with Crippen molar-refractivity contribution in [3.8, 4) is 0 Å². The van der Waals surface area contributed by atoms with E-state index >= 15 is 0 Å². The van der Waals surface area contributed by atoms with Gasteiger partial charge < -0.3 is 0 Å². The fraction of sp³-hybridized carbons (Fsp3) is 0.111. The Bertz CT molecular complexity index is 1370. The molecule has 0 fully saturated rings. The fourth-order valence-corrected chi connectivity index (χ4v) is 5.77. The van der Waals surface area contributed by atoms with E-state index < -0.39 is 22.1 Å². The number of hydrogen-bond acceptors (Lipinski definition) is 4. The Kier molecular flexibility index (Phi) is 5.52. The van der Waals surface area contributed by atoms with Crippen LogP contribution in [0.5, 0.6) is 0 Å². The molecule has 1 aromatic heterocycles. The molecule has 5 nitrogen and oxygen atoms in total. The molecule has 0 amide bonds. The molecule has 6 heteroatoms. The van der Waals surface area contributed by atoms with Gasteiger partial charge in [0.05, 0.1) is 10.9 Å². The molecule has 3 aromatic carbocycles. The first-order chi connectivity index (χ1) is 16.1. The number of amidine groups is 1. The van der Waals surface area contributed by atoms with Gasteiger partial charge >= 0.3 is 0 Å². The topological polar surface area (TPSA) is 62.6 Å². The van der Waals surface area contributed by atoms with E-state index in [1.54, 1.807) is 30.5 Å². The number of nitrogens with zero attached hydrogens (tertiary/aromatic N) is 3. The van der Waals surface area contributed by atoms with Crippen LogP contribution in [0.4, 0.5) is 0 Å². The van der Waals surface area contributed by atoms with Gasteiger partial charge in [-0.1, -0.05) is 84.4 Å². The van der Waals surface area contributed by atoms with Gasteiger partial charge in [-0.15, -0.1) is 0 Å². The molecule has 0 saturated heterocycles. The highest BCUT2D eigenvalue weighted by molar-refractivity contribution is 7.89. The van der Waals surface area contributed by atoms with Gasteiger partial charge in [-0.05, 0) is 42.3 Å². The maximum absolute atomic E-state index is 14.1. The number of sulfonamides is 1. The van der Waals surface area contributed by atoms with Crippen LogP contribution in [-0.2, 0) is 10.0 Å². The molecule has 1 aliphatic rings. The minimum Gasteiger partial charge on any atom is -0.255 e. The fourth-order valence-electron chi connectivity index (χ4n) is 4.16. The van der Waals surface area contributed by atoms with Crippen molar-refractivity contribution in [1.29, 1.82) is 0 Å². The van der Waals surface area contributed by atoms with Crippen molar-refractivity contribution < 1.29 is 8.42 Å². The van der Waals surface area contributed by atoms with Crippen LogP contribution in [0.3, 0.4) is 0 Å². The first-order valence-electron chi connectivity index (χ1n) is 10.8. The first-order valence-corrected chi connectivity index (χ1v) is 12.2. The average Bonchev–Trinajstić information content (AvgIpc) is 3.28. The van der Waals surface area contributed by atoms with Crippen molar-refractivity contribution in [3.05, 3.63) is 132 Å². The van der Waals surface area contributed by atoms with Crippen LogP contribution in [0, 0.1) is 6.92 Å². The van der Waals surface area contributed by atoms with E-state index in [0.29, 0.717) is 11.5 Å². The van der Waals surface area contributed by atoms with E-state index in [4.69, 9.17) is 4.99 Å². The first kappa shape index (κ1) is 21.1. The van der Waals surface area contributed by atoms with E-state index in [2.05, 4.69) is 4.98 Å². The van der Waals surface area contributed by atoms with E-state index in [1.807, 2.05) is 85.8 Å². The normalized spacial score (nSPS) is 18.2. The molecule has 0 bridgehead atoms. The molecule has 0 radical (unpaired) electrons. The Labute approximate surface area is 194 Å². The molecule has 2 heterocycles. The largest absolute Gasteiger partial charge is 0.266 e. The van der Waals surface area contributed by atoms with E-state index in [9.17, 15) is 8.42 Å². The average molecular weight is 454 g/mol. The van der Waals surface area contributed by atoms with Crippen LogP contribution in [0.15, 0.2) is 119 Å². The lowest BCUT2D eigenvalue weighted by atomic mass is 9.95. The van der Waals surface area contributed by atoms with E-state index in [1.165, 1.54) is 4.31 Å². The summed E-state index contributed by atoms with van der Waals surface area (Å²) in [7, 11) is -3.93. The van der Waals surface area contributed by atoms with Crippen LogP contribution in [0.2, 0.25) is 0 Å². The van der Waals surface area contributed by atoms with Crippen LogP contribution >= 0.6 is 0 Å². The number of aliphatic imine (C=N–C) groups is 1. The zero-order valence-electron chi connectivity index (χ0n) is 18.1. The third kappa shape index (κ3) is 3.94. The van der Waals surface area contributed by atoms with Gasteiger partial charge in [0, 0.05) is 6.20 Å². The third-order valence-corrected chi connectivity index (χ3v) is 7.56. The summed E-state index contributed by atoms with van der Waals surface area (Å²) in [6, 6.07) is 30.9. The molecule has 5 rings (SSSR count). The molecule has 0 aliphatic carbocycles. The highest BCUT2D eigenvalue weighted by atomic mass is 32.2. The molecule has 2 atom stereocenters. The Balaban J connectivity index is 1.75. The maximum Gasteiger partial charge on any atom is 0.266 e. The Morgan fingerprint density at radius 1 is 0.727 bits per heavy atom. The SMILES string of the molecule is Cc1ccc(S(=O)(=O)N2C(c3ccccn3)=N[C@H](c3ccccc3)[C@H]2c2ccccc2)cc1. The zero-order chi connectivity index (χ0) is 22.8. The van der Waals surface area contributed by atoms with Gasteiger partial charge in [0.15, 0.2) is 5.84 Å². The van der Waals surface area contributed by atoms with Crippen molar-refractivity contribution in [3.63, 3.8) is 0 Å². The Hall–Kier alpha value is -3.77. The Morgan fingerprint density at radius 3 is 1.94 bits per heavy atom. The molecule has 33 heavy (non-hydrogen) atoms. The number of rotatable bonds is 5. The molecule has 1 aliphatic heterocycles. The molecule has 0 spiro atoms. The number of benzene rings is 3. The van der Waals surface area contributed by atoms with E-state index in [-0.39, 0.29) is 4.90 Å². The summed E-state index contributed by atoms with van der Waals surface area (Å²) in [6.07, 6.45) is 1.65. The molecule has 4 aromatic rings. The molecule has 0 saturated carbocycles. The quantitative estimate of drug-likeness (QED) is 0.411. The van der Waals surface area contributed by atoms with E-state index in [0.717, 1.165) is 16.7 Å². The van der Waals surface area contributed by atoms with Gasteiger partial charge in [-0.3, -0.25) is 9.98 Å². The van der Waals surface area contributed by atoms with Gasteiger partial charge in [-0.25, -0.2) is 12.7 Å². The highest BCUT2D eigenvalue weighted by Crippen LogP contribution is 2.45. The summed E-state index contributed by atoms with van der Waals surface area (Å²) in [5.74, 6) is 0.346. The second kappa shape index (κ2) is 8.64. The van der Waals surface area contributed by atoms with Crippen molar-refractivity contribution in [1.82, 2.24) is 9.29 Å². The van der Waals surface area contributed by atoms with Crippen molar-refractivity contribution >= 4 is 15.9 Å². The number of hydrogen-bond donors (Lipinski definition) is 0. The number of pyridine rings is 1. The van der Waals surface area contributed by atoms with Crippen molar-refractivity contribution in [2.24, 2.45) is 4.99 Å². The van der Waals surface area contributed by atoms with Gasteiger partial charge in [0.2, 0.25) is 0 Å². The lowest BCUT2D eigenvalue weighted by Crippen LogP contribution is -2.38. The molecular weight excluding hydrogens is 430 g/mol. The highest BCUT2D eigenvalue weighted by Gasteiger charge is 2.45. The van der Waals surface area contributed by atoms with Crippen molar-refractivity contribution in [2.75, 3.05) is 0 Å². The molecule has 0 N–H and O–H groups in total. The standard InChI is InChI=1S/C27H23N3O2S/c1-20-15-17-23(18-16-20)33(31,32)30-26(22-12-6-3-7-13-22)25(21-10-4-2-5-11-21)29-27(30)24-14-8-9-19-28-24/h2-19,25-26H,1H3/t25-,26-/m1/s1. The summed E-state index contributed by atoms with van der Waals surface area (Å²) in [6.45, 7) is 1.94. The summed E-state index contributed by atoms with van der Waals surface area (Å²) in [5, 5.41) is 0. The van der Waals surface area contributed by atoms with Gasteiger partial charge in [0.1, 0.15) is 11.7 Å². The number of aromatic nitrogens is 1. The summed E-state index contributed by atoms with van der Waals surface area (Å²) >= 11 is 0. The zero-order valence-corrected chi connectivity index (χ0v) is 18.9. The maximum atomic E-state index is 14.1. The van der Waals surface area contributed by atoms with Crippen LogP contribution in [0.1, 0.15) is 34.5 Å². The van der Waals surface area contributed by atoms with Crippen LogP contribution in [-0.4, -0.2) is 23.5 Å². The Morgan fingerprint density at radius 2 is 1.33 bits per heavy atom. The van der Waals surface area contributed by atoms with Crippen LogP contribution < -0.4 is 0 Å². The predicted molar refractivity (Wildman–Crippen MR) is 129 cm³/mol. The molecule has 164 valence electrons. The lowest BCUT2D eigenvalue weighted by Gasteiger charge is -2.30. The lowest BCUT2D eigenvalue weighted by molar-refractivity contribution is 0.419. The van der Waals surface area contributed by atoms with Gasteiger partial charge in [-0.2, -0.15) is 0 Å². The van der Waals surface area contributed by atoms with Gasteiger partial charge in [0.25, 0.3) is 10.0 Å². The third-order valence-electron chi connectivity index (χ3n) is 5.78. The van der Waals surface area contributed by atoms with Crippen LogP contribution in [0.25, 0.3) is 0 Å². The molecular formula is C27H23N3O2S. The second-order valence-electron chi connectivity index (χ2n) is 7.99. The summed E-state index contributed by atoms with van der Waals surface area (Å²) in [5.41, 5.74) is 3.33. The monoisotopic (exact) mass is 453 g/mol. The minimum absolute atomic E-state index is 0.228. The minimum atomic E-state index is -3.93. The summed E-state index contributed by atoms with van der Waals surface area (Å²) in [4.78, 5) is 9.66. The smallest absolute Gasteiger partial charge is 0.255 e. The second-order valence-corrected chi connectivity index (χ2v) is 9.81. The number of aryl methyl sites for hydroxylation is 1. The predicted octanol–water partition coefficient (Wildman–Crippen LogP) is 5.32. The van der Waals surface area contributed by atoms with Crippen molar-refractivity contribution in [2.45, 2.75) is 23.9 Å². The summed E-state index contributed by atoms with van der Waals surface area (Å²) < 4.78 is 29.7.